The molecule has 1 atom stereocenters. The van der Waals surface area contributed by atoms with Crippen LogP contribution in [0.15, 0.2) is 24.3 Å². The van der Waals surface area contributed by atoms with Gasteiger partial charge in [-0.25, -0.2) is 0 Å². The van der Waals surface area contributed by atoms with E-state index in [1.807, 2.05) is 5.32 Å². The molecule has 0 radical (unpaired) electrons. The lowest BCUT2D eigenvalue weighted by atomic mass is 10.2. The highest BCUT2D eigenvalue weighted by Crippen LogP contribution is 2.24. The Morgan fingerprint density at radius 3 is 2.64 bits per heavy atom. The van der Waals surface area contributed by atoms with Gasteiger partial charge in [0.15, 0.2) is 0 Å². The summed E-state index contributed by atoms with van der Waals surface area (Å²) in [7, 11) is 0. The highest BCUT2D eigenvalue weighted by atomic mass is 35.5. The fourth-order valence-corrected chi connectivity index (χ4v) is 2.79. The predicted octanol–water partition coefficient (Wildman–Crippen LogP) is 3.68. The maximum absolute atomic E-state index is 12.3. The number of hydrogen-bond acceptors (Lipinski definition) is 2. The Morgan fingerprint density at radius 2 is 2.00 bits per heavy atom. The summed E-state index contributed by atoms with van der Waals surface area (Å²) in [6.45, 7) is -1.10. The van der Waals surface area contributed by atoms with Crippen LogP contribution in [0.25, 0.3) is 6.08 Å². The minimum Gasteiger partial charge on any atom is -0.345 e. The van der Waals surface area contributed by atoms with Crippen LogP contribution in [0, 0.1) is 0 Å². The quantitative estimate of drug-likeness (QED) is 0.791. The van der Waals surface area contributed by atoms with Gasteiger partial charge >= 0.3 is 6.18 Å². The lowest BCUT2D eigenvalue weighted by Gasteiger charge is -2.23. The average molecular weight is 395 g/mol. The second-order valence-electron chi connectivity index (χ2n) is 5.53. The highest BCUT2D eigenvalue weighted by Gasteiger charge is 2.35. The van der Waals surface area contributed by atoms with Crippen molar-refractivity contribution in [3.8, 4) is 0 Å². The van der Waals surface area contributed by atoms with E-state index in [9.17, 15) is 22.8 Å². The standard InChI is InChI=1S/C16H15Cl2F3N2O2/c17-11-5-3-10(8-12(11)18)4-6-14(24)23-7-1-2-13(23)15(25)22-9-16(19,20)21/h3-6,8,13H,1-2,7,9H2,(H,22,25). The Kier molecular flexibility index (Phi) is 6.35. The van der Waals surface area contributed by atoms with Gasteiger partial charge in [-0.05, 0) is 36.6 Å². The van der Waals surface area contributed by atoms with Crippen LogP contribution >= 0.6 is 23.2 Å². The molecule has 9 heteroatoms. The molecule has 4 nitrogen and oxygen atoms in total. The van der Waals surface area contributed by atoms with Crippen molar-refractivity contribution in [1.29, 1.82) is 0 Å². The number of hydrogen-bond donors (Lipinski definition) is 1. The van der Waals surface area contributed by atoms with Gasteiger partial charge in [0.2, 0.25) is 11.8 Å². The Bertz CT molecular complexity index is 692. The topological polar surface area (TPSA) is 49.4 Å². The highest BCUT2D eigenvalue weighted by molar-refractivity contribution is 6.42. The third-order valence-corrected chi connectivity index (χ3v) is 4.40. The van der Waals surface area contributed by atoms with Crippen molar-refractivity contribution in [2.24, 2.45) is 0 Å². The first-order chi connectivity index (χ1) is 11.7. The van der Waals surface area contributed by atoms with Gasteiger partial charge in [0.1, 0.15) is 12.6 Å². The number of rotatable bonds is 4. The van der Waals surface area contributed by atoms with Crippen molar-refractivity contribution < 1.29 is 22.8 Å². The smallest absolute Gasteiger partial charge is 0.345 e. The summed E-state index contributed by atoms with van der Waals surface area (Å²) in [6, 6.07) is 3.92. The van der Waals surface area contributed by atoms with Gasteiger partial charge in [0.25, 0.3) is 0 Å². The van der Waals surface area contributed by atoms with Crippen LogP contribution < -0.4 is 5.32 Å². The maximum Gasteiger partial charge on any atom is 0.405 e. The van der Waals surface area contributed by atoms with Gasteiger partial charge < -0.3 is 10.2 Å². The van der Waals surface area contributed by atoms with Crippen LogP contribution in [0.2, 0.25) is 10.0 Å². The molecule has 1 N–H and O–H groups in total. The predicted molar refractivity (Wildman–Crippen MR) is 89.3 cm³/mol. The number of likely N-dealkylation sites (tertiary alicyclic amines) is 1. The summed E-state index contributed by atoms with van der Waals surface area (Å²) < 4.78 is 36.6. The van der Waals surface area contributed by atoms with E-state index < -0.39 is 30.6 Å². The number of amides is 2. The molecule has 2 rings (SSSR count). The number of alkyl halides is 3. The minimum atomic E-state index is -4.49. The SMILES string of the molecule is O=C(NCC(F)(F)F)C1CCCN1C(=O)C=Cc1ccc(Cl)c(Cl)c1. The molecular weight excluding hydrogens is 380 g/mol. The van der Waals surface area contributed by atoms with Gasteiger partial charge in [-0.1, -0.05) is 29.3 Å². The van der Waals surface area contributed by atoms with Gasteiger partial charge in [-0.2, -0.15) is 13.2 Å². The molecule has 0 spiro atoms. The zero-order valence-corrected chi connectivity index (χ0v) is 14.5. The van der Waals surface area contributed by atoms with Crippen molar-refractivity contribution >= 4 is 41.1 Å². The molecule has 1 fully saturated rings. The van der Waals surface area contributed by atoms with Crippen LogP contribution in [-0.2, 0) is 9.59 Å². The Hall–Kier alpha value is -1.73. The largest absolute Gasteiger partial charge is 0.405 e. The summed E-state index contributed by atoms with van der Waals surface area (Å²) in [6.07, 6.45) is -0.841. The first-order valence-electron chi connectivity index (χ1n) is 7.45. The minimum absolute atomic E-state index is 0.314. The molecule has 0 aliphatic carbocycles. The molecular formula is C16H15Cl2F3N2O2. The monoisotopic (exact) mass is 394 g/mol. The van der Waals surface area contributed by atoms with Crippen LogP contribution in [0.1, 0.15) is 18.4 Å². The van der Waals surface area contributed by atoms with Crippen molar-refractivity contribution in [1.82, 2.24) is 10.2 Å². The third-order valence-electron chi connectivity index (χ3n) is 3.66. The molecule has 0 bridgehead atoms. The lowest BCUT2D eigenvalue weighted by molar-refractivity contribution is -0.143. The summed E-state index contributed by atoms with van der Waals surface area (Å²) in [5.41, 5.74) is 0.639. The molecule has 2 amide bonds. The molecule has 136 valence electrons. The molecule has 1 saturated heterocycles. The summed E-state index contributed by atoms with van der Waals surface area (Å²) in [4.78, 5) is 25.4. The van der Waals surface area contributed by atoms with E-state index in [0.717, 1.165) is 0 Å². The number of benzene rings is 1. The third kappa shape index (κ3) is 5.64. The first kappa shape index (κ1) is 19.6. The number of carbonyl (C=O) groups excluding carboxylic acids is 2. The van der Waals surface area contributed by atoms with Crippen LogP contribution in [0.4, 0.5) is 13.2 Å². The van der Waals surface area contributed by atoms with E-state index in [-0.39, 0.29) is 0 Å². The second kappa shape index (κ2) is 8.10. The number of nitrogens with zero attached hydrogens (tertiary/aromatic N) is 1. The Morgan fingerprint density at radius 1 is 1.28 bits per heavy atom. The molecule has 1 unspecified atom stereocenters. The zero-order chi connectivity index (χ0) is 18.6. The molecule has 1 aliphatic rings. The summed E-state index contributed by atoms with van der Waals surface area (Å²) in [5.74, 6) is -1.25. The van der Waals surface area contributed by atoms with Crippen molar-refractivity contribution in [3.05, 3.63) is 39.9 Å². The number of carbonyl (C=O) groups is 2. The van der Waals surface area contributed by atoms with Gasteiger partial charge in [-0.15, -0.1) is 0 Å². The molecule has 1 aromatic rings. The fourth-order valence-electron chi connectivity index (χ4n) is 2.49. The Labute approximate surface area is 152 Å². The van der Waals surface area contributed by atoms with E-state index >= 15 is 0 Å². The van der Waals surface area contributed by atoms with Gasteiger partial charge in [-0.3, -0.25) is 9.59 Å². The molecule has 25 heavy (non-hydrogen) atoms. The van der Waals surface area contributed by atoms with Crippen LogP contribution in [-0.4, -0.2) is 42.0 Å². The van der Waals surface area contributed by atoms with E-state index in [2.05, 4.69) is 0 Å². The van der Waals surface area contributed by atoms with Crippen LogP contribution in [0.3, 0.4) is 0 Å². The van der Waals surface area contributed by atoms with Gasteiger partial charge in [0.05, 0.1) is 10.0 Å². The molecule has 1 heterocycles. The number of halogens is 5. The normalized spacial score (nSPS) is 18.0. The zero-order valence-electron chi connectivity index (χ0n) is 12.9. The Balaban J connectivity index is 2.00. The summed E-state index contributed by atoms with van der Waals surface area (Å²) >= 11 is 11.7. The fraction of sp³-hybridized carbons (Fsp3) is 0.375. The van der Waals surface area contributed by atoms with E-state index in [4.69, 9.17) is 23.2 Å². The first-order valence-corrected chi connectivity index (χ1v) is 8.21. The van der Waals surface area contributed by atoms with E-state index in [1.54, 1.807) is 18.2 Å². The van der Waals surface area contributed by atoms with Gasteiger partial charge in [0, 0.05) is 12.6 Å². The second-order valence-corrected chi connectivity index (χ2v) is 6.34. The van der Waals surface area contributed by atoms with Crippen molar-refractivity contribution in [3.63, 3.8) is 0 Å². The molecule has 0 saturated carbocycles. The van der Waals surface area contributed by atoms with Crippen molar-refractivity contribution in [2.75, 3.05) is 13.1 Å². The van der Waals surface area contributed by atoms with Crippen LogP contribution in [0.5, 0.6) is 0 Å². The maximum atomic E-state index is 12.3. The molecule has 1 aromatic carbocycles. The number of nitrogens with one attached hydrogen (secondary N) is 1. The summed E-state index contributed by atoms with van der Waals surface area (Å²) in [5, 5.41) is 2.54. The lowest BCUT2D eigenvalue weighted by Crippen LogP contribution is -2.47. The van der Waals surface area contributed by atoms with E-state index in [1.165, 1.54) is 17.1 Å². The van der Waals surface area contributed by atoms with E-state index in [0.29, 0.717) is 35.0 Å². The van der Waals surface area contributed by atoms with Crippen molar-refractivity contribution in [2.45, 2.75) is 25.1 Å². The molecule has 0 aromatic heterocycles. The molecule has 1 aliphatic heterocycles. The average Bonchev–Trinajstić information content (AvgIpc) is 3.02.